The first-order valence-electron chi connectivity index (χ1n) is 1.69. The summed E-state index contributed by atoms with van der Waals surface area (Å²) in [5.74, 6) is 0. The molecule has 0 nitrogen and oxygen atoms in total. The average molecular weight is 91.1 g/mol. The molecule has 0 fully saturated rings. The fourth-order valence-corrected chi connectivity index (χ4v) is 0.134. The zero-order valence-corrected chi connectivity index (χ0v) is 3.46. The van der Waals surface area contributed by atoms with Gasteiger partial charge in [-0.15, -0.1) is 8.78 Å². The first-order chi connectivity index (χ1) is 2.77. The third-order valence-electron chi connectivity index (χ3n) is 0.310. The molecule has 0 heterocycles. The van der Waals surface area contributed by atoms with E-state index in [0.717, 1.165) is 0 Å². The van der Waals surface area contributed by atoms with Crippen molar-refractivity contribution in [1.82, 2.24) is 0 Å². The zero-order valence-electron chi connectivity index (χ0n) is 3.46. The summed E-state index contributed by atoms with van der Waals surface area (Å²) in [4.78, 5) is 0. The van der Waals surface area contributed by atoms with E-state index < -0.39 is 6.08 Å². The second kappa shape index (κ2) is 2.73. The van der Waals surface area contributed by atoms with E-state index in [1.807, 2.05) is 0 Å². The van der Waals surface area contributed by atoms with Gasteiger partial charge in [0.1, 0.15) is 0 Å². The first kappa shape index (κ1) is 5.51. The predicted octanol–water partition coefficient (Wildman–Crippen LogP) is 1.98. The lowest BCUT2D eigenvalue weighted by Gasteiger charge is -1.51. The summed E-state index contributed by atoms with van der Waals surface area (Å²) < 4.78 is 21.7. The average Bonchev–Trinajstić information content (AvgIpc) is 1.35. The Morgan fingerprint density at radius 2 is 2.17 bits per heavy atom. The van der Waals surface area contributed by atoms with Crippen molar-refractivity contribution < 1.29 is 8.78 Å². The second-order valence-electron chi connectivity index (χ2n) is 0.791. The zero-order chi connectivity index (χ0) is 4.99. The lowest BCUT2D eigenvalue weighted by molar-refractivity contribution is 0.413. The third kappa shape index (κ3) is 3.51. The molecule has 0 aliphatic rings. The van der Waals surface area contributed by atoms with E-state index in [2.05, 4.69) is 0 Å². The molecule has 0 spiro atoms. The van der Waals surface area contributed by atoms with E-state index >= 15 is 0 Å². The van der Waals surface area contributed by atoms with Crippen molar-refractivity contribution >= 4 is 0 Å². The van der Waals surface area contributed by atoms with Crippen LogP contribution in [0.4, 0.5) is 8.78 Å². The maximum Gasteiger partial charge on any atom is 0.521 e. The molecule has 0 N–H and O–H groups in total. The Bertz CT molecular complexity index is 52.6. The summed E-state index contributed by atoms with van der Waals surface area (Å²) in [6.45, 7) is 1.61. The van der Waals surface area contributed by atoms with Gasteiger partial charge in [0, 0.05) is 0 Å². The number of hydrogen-bond acceptors (Lipinski definition) is 0. The van der Waals surface area contributed by atoms with Gasteiger partial charge in [-0.25, -0.2) is 0 Å². The Morgan fingerprint density at radius 3 is 2.17 bits per heavy atom. The largest absolute Gasteiger partial charge is 0.521 e. The highest BCUT2D eigenvalue weighted by atomic mass is 19.3. The van der Waals surface area contributed by atoms with Gasteiger partial charge >= 0.3 is 6.08 Å². The summed E-state index contributed by atoms with van der Waals surface area (Å²) in [5.41, 5.74) is 0. The van der Waals surface area contributed by atoms with Gasteiger partial charge in [-0.05, 0) is 6.92 Å². The van der Waals surface area contributed by atoms with Crippen LogP contribution in [0.2, 0.25) is 0 Å². The Labute approximate surface area is 35.5 Å². The van der Waals surface area contributed by atoms with Gasteiger partial charge in [-0.1, -0.05) is 0 Å². The highest BCUT2D eigenvalue weighted by Gasteiger charge is 2.00. The van der Waals surface area contributed by atoms with Crippen molar-refractivity contribution in [2.24, 2.45) is 0 Å². The Morgan fingerprint density at radius 1 is 1.67 bits per heavy atom. The molecule has 0 atom stereocenters. The lowest BCUT2D eigenvalue weighted by atomic mass is 10.5. The fourth-order valence-electron chi connectivity index (χ4n) is 0.134. The van der Waals surface area contributed by atoms with E-state index in [1.54, 1.807) is 13.0 Å². The van der Waals surface area contributed by atoms with Gasteiger partial charge in [-0.2, -0.15) is 0 Å². The normalized spacial score (nSPS) is 7.17. The van der Waals surface area contributed by atoms with Crippen molar-refractivity contribution in [2.45, 2.75) is 13.3 Å². The Balaban J connectivity index is 3.14. The van der Waals surface area contributed by atoms with Crippen molar-refractivity contribution in [1.29, 1.82) is 0 Å². The summed E-state index contributed by atoms with van der Waals surface area (Å²) in [7, 11) is 0. The second-order valence-corrected chi connectivity index (χ2v) is 0.791. The van der Waals surface area contributed by atoms with Crippen LogP contribution in [0.1, 0.15) is 13.3 Å². The highest BCUT2D eigenvalue weighted by molar-refractivity contribution is 4.67. The number of halogens is 2. The Kier molecular flexibility index (Phi) is 2.51. The molecule has 0 saturated heterocycles. The molecule has 0 unspecified atom stereocenters. The van der Waals surface area contributed by atoms with E-state index in [9.17, 15) is 8.78 Å². The molecule has 0 saturated carbocycles. The lowest BCUT2D eigenvalue weighted by Crippen LogP contribution is -1.55. The van der Waals surface area contributed by atoms with Crippen LogP contribution < -0.4 is 0 Å². The van der Waals surface area contributed by atoms with Crippen LogP contribution in [-0.4, -0.2) is 0 Å². The molecule has 0 amide bonds. The van der Waals surface area contributed by atoms with Gasteiger partial charge in [0.2, 0.25) is 0 Å². The molecule has 0 radical (unpaired) electrons. The maximum absolute atomic E-state index is 10.8. The molecule has 6 heavy (non-hydrogen) atoms. The predicted molar refractivity (Wildman–Crippen MR) is 19.3 cm³/mol. The van der Waals surface area contributed by atoms with Gasteiger partial charge in [0.25, 0.3) is 6.08 Å². The first-order valence-corrected chi connectivity index (χ1v) is 1.69. The molecule has 0 aromatic heterocycles. The molecule has 0 aromatic carbocycles. The van der Waals surface area contributed by atoms with Crippen LogP contribution in [-0.2, 0) is 0 Å². The molecular formula is C4H5F2+. The number of rotatable bonds is 1. The fraction of sp³-hybridized carbons (Fsp3) is 0.500. The van der Waals surface area contributed by atoms with E-state index in [-0.39, 0.29) is 0 Å². The van der Waals surface area contributed by atoms with Crippen LogP contribution in [0.15, 0.2) is 6.08 Å². The van der Waals surface area contributed by atoms with Crippen LogP contribution in [0.5, 0.6) is 0 Å². The van der Waals surface area contributed by atoms with E-state index in [4.69, 9.17) is 0 Å². The minimum Gasteiger partial charge on any atom is -0.120 e. The maximum atomic E-state index is 10.8. The number of allylic oxidation sites excluding steroid dienone is 1. The van der Waals surface area contributed by atoms with E-state index in [0.29, 0.717) is 6.42 Å². The van der Waals surface area contributed by atoms with Crippen LogP contribution in [0, 0.1) is 6.08 Å². The standard InChI is InChI=1S/C4H5F2/c1-2-3-4(5)6/h2H2,1H3/q+1. The summed E-state index contributed by atoms with van der Waals surface area (Å²) in [6.07, 6.45) is 0.375. The molecule has 0 aromatic rings. The molecule has 0 aliphatic carbocycles. The third-order valence-corrected chi connectivity index (χ3v) is 0.310. The number of hydrogen-bond donors (Lipinski definition) is 0. The summed E-state index contributed by atoms with van der Waals surface area (Å²) >= 11 is 0. The molecule has 34 valence electrons. The van der Waals surface area contributed by atoms with Crippen molar-refractivity contribution in [2.75, 3.05) is 0 Å². The van der Waals surface area contributed by atoms with Gasteiger partial charge in [-0.3, -0.25) is 0 Å². The Hall–Kier alpha value is -0.490. The van der Waals surface area contributed by atoms with Gasteiger partial charge in [0.05, 0.1) is 0 Å². The smallest absolute Gasteiger partial charge is 0.120 e. The monoisotopic (exact) mass is 91.0 g/mol. The van der Waals surface area contributed by atoms with Crippen LogP contribution in [0.25, 0.3) is 0 Å². The van der Waals surface area contributed by atoms with Crippen molar-refractivity contribution in [3.63, 3.8) is 0 Å². The molecule has 0 bridgehead atoms. The molecule has 0 rings (SSSR count). The molecule has 0 aliphatic heterocycles. The minimum atomic E-state index is -1.71. The van der Waals surface area contributed by atoms with Crippen LogP contribution in [0.3, 0.4) is 0 Å². The minimum absolute atomic E-state index is 0.294. The topological polar surface area (TPSA) is 0 Å². The van der Waals surface area contributed by atoms with Crippen molar-refractivity contribution in [3.8, 4) is 0 Å². The summed E-state index contributed by atoms with van der Waals surface area (Å²) in [6, 6.07) is 0. The highest BCUT2D eigenvalue weighted by Crippen LogP contribution is 1.94. The SMILES string of the molecule is CC[C+]=C(F)F. The summed E-state index contributed by atoms with van der Waals surface area (Å²) in [5, 5.41) is 0. The van der Waals surface area contributed by atoms with Gasteiger partial charge < -0.3 is 0 Å². The quantitative estimate of drug-likeness (QED) is 0.433. The van der Waals surface area contributed by atoms with E-state index in [1.165, 1.54) is 0 Å². The molecular weight excluding hydrogens is 86.0 g/mol. The van der Waals surface area contributed by atoms with Crippen molar-refractivity contribution in [3.05, 3.63) is 12.2 Å². The van der Waals surface area contributed by atoms with Gasteiger partial charge in [0.15, 0.2) is 6.42 Å². The van der Waals surface area contributed by atoms with Crippen LogP contribution >= 0.6 is 0 Å². The molecule has 2 heteroatoms.